The molecule has 1 fully saturated rings. The van der Waals surface area contributed by atoms with Crippen LogP contribution in [0.25, 0.3) is 0 Å². The molecule has 1 aliphatic rings. The lowest BCUT2D eigenvalue weighted by molar-refractivity contribution is -0.147. The van der Waals surface area contributed by atoms with Crippen LogP contribution < -0.4 is 16.2 Å². The number of anilines is 2. The lowest BCUT2D eigenvalue weighted by Crippen LogP contribution is -2.49. The van der Waals surface area contributed by atoms with Gasteiger partial charge in [0.25, 0.3) is 5.91 Å². The Bertz CT molecular complexity index is 792. The van der Waals surface area contributed by atoms with Crippen LogP contribution in [0.1, 0.15) is 23.8 Å². The number of nitrogens with one attached hydrogen (secondary N) is 3. The van der Waals surface area contributed by atoms with Crippen molar-refractivity contribution in [3.8, 4) is 0 Å². The topological polar surface area (TPSA) is 82.6 Å². The van der Waals surface area contributed by atoms with E-state index in [0.717, 1.165) is 12.1 Å². The largest absolute Gasteiger partial charge is 0.416 e. The Balaban J connectivity index is 1.67. The SMILES string of the molecule is O=C(NNC(O)c1ccccc1Nc1ccc(C(F)(F)F)cc1)C1CCO1. The van der Waals surface area contributed by atoms with Gasteiger partial charge in [-0.25, -0.2) is 5.43 Å². The minimum atomic E-state index is -4.40. The number of halogens is 3. The molecule has 2 unspecified atom stereocenters. The third-order valence-electron chi connectivity index (χ3n) is 4.07. The molecule has 27 heavy (non-hydrogen) atoms. The number of benzene rings is 2. The second kappa shape index (κ2) is 7.95. The van der Waals surface area contributed by atoms with E-state index in [-0.39, 0.29) is 5.91 Å². The fourth-order valence-electron chi connectivity index (χ4n) is 2.49. The highest BCUT2D eigenvalue weighted by atomic mass is 19.4. The van der Waals surface area contributed by atoms with E-state index in [1.54, 1.807) is 24.3 Å². The maximum atomic E-state index is 12.6. The van der Waals surface area contributed by atoms with Gasteiger partial charge >= 0.3 is 6.18 Å². The average molecular weight is 381 g/mol. The Kier molecular flexibility index (Phi) is 5.64. The van der Waals surface area contributed by atoms with Gasteiger partial charge in [-0.15, -0.1) is 0 Å². The Morgan fingerprint density at radius 1 is 1.15 bits per heavy atom. The molecule has 2 atom stereocenters. The van der Waals surface area contributed by atoms with Crippen LogP contribution in [0.5, 0.6) is 0 Å². The van der Waals surface area contributed by atoms with Crippen molar-refractivity contribution in [3.63, 3.8) is 0 Å². The van der Waals surface area contributed by atoms with Gasteiger partial charge in [0.15, 0.2) is 0 Å². The van der Waals surface area contributed by atoms with E-state index < -0.39 is 24.1 Å². The van der Waals surface area contributed by atoms with Gasteiger partial charge in [0.1, 0.15) is 12.3 Å². The quantitative estimate of drug-likeness (QED) is 0.457. The molecule has 0 aliphatic carbocycles. The van der Waals surface area contributed by atoms with Gasteiger partial charge in [-0.3, -0.25) is 10.2 Å². The summed E-state index contributed by atoms with van der Waals surface area (Å²) in [6, 6.07) is 11.2. The van der Waals surface area contributed by atoms with E-state index in [9.17, 15) is 23.1 Å². The number of hydrazine groups is 1. The van der Waals surface area contributed by atoms with Gasteiger partial charge in [-0.2, -0.15) is 13.2 Å². The summed E-state index contributed by atoms with van der Waals surface area (Å²) in [4.78, 5) is 11.7. The first-order chi connectivity index (χ1) is 12.8. The van der Waals surface area contributed by atoms with Crippen LogP contribution in [0.3, 0.4) is 0 Å². The molecular formula is C18H18F3N3O3. The van der Waals surface area contributed by atoms with Crippen molar-refractivity contribution in [3.05, 3.63) is 59.7 Å². The Morgan fingerprint density at radius 2 is 1.81 bits per heavy atom. The van der Waals surface area contributed by atoms with Crippen molar-refractivity contribution in [2.75, 3.05) is 11.9 Å². The number of rotatable bonds is 6. The number of alkyl halides is 3. The molecule has 1 saturated heterocycles. The van der Waals surface area contributed by atoms with E-state index in [4.69, 9.17) is 4.74 Å². The second-order valence-corrected chi connectivity index (χ2v) is 5.97. The molecule has 2 aromatic rings. The van der Waals surface area contributed by atoms with Crippen LogP contribution in [0.2, 0.25) is 0 Å². The van der Waals surface area contributed by atoms with Crippen LogP contribution in [-0.4, -0.2) is 23.7 Å². The van der Waals surface area contributed by atoms with Crippen LogP contribution in [0.15, 0.2) is 48.5 Å². The van der Waals surface area contributed by atoms with Crippen LogP contribution in [-0.2, 0) is 15.7 Å². The molecular weight excluding hydrogens is 363 g/mol. The number of amides is 1. The van der Waals surface area contributed by atoms with E-state index in [1.807, 2.05) is 0 Å². The molecule has 0 saturated carbocycles. The number of ether oxygens (including phenoxy) is 1. The van der Waals surface area contributed by atoms with Gasteiger partial charge in [-0.05, 0) is 30.3 Å². The third-order valence-corrected chi connectivity index (χ3v) is 4.07. The zero-order valence-corrected chi connectivity index (χ0v) is 14.1. The van der Waals surface area contributed by atoms with E-state index in [2.05, 4.69) is 16.2 Å². The first-order valence-electron chi connectivity index (χ1n) is 8.23. The van der Waals surface area contributed by atoms with Gasteiger partial charge < -0.3 is 15.2 Å². The standard InChI is InChI=1S/C18H18F3N3O3/c19-18(20,21)11-5-7-12(8-6-11)22-14-4-2-1-3-13(14)16(25)23-24-17(26)15-9-10-27-15/h1-8,15-16,22-23,25H,9-10H2,(H,24,26). The van der Waals surface area contributed by atoms with Gasteiger partial charge in [-0.1, -0.05) is 18.2 Å². The molecule has 2 aromatic carbocycles. The third kappa shape index (κ3) is 4.76. The van der Waals surface area contributed by atoms with Gasteiger partial charge in [0.2, 0.25) is 0 Å². The van der Waals surface area contributed by atoms with E-state index in [1.165, 1.54) is 12.1 Å². The molecule has 9 heteroatoms. The lowest BCUT2D eigenvalue weighted by Gasteiger charge is -2.26. The van der Waals surface area contributed by atoms with Crippen molar-refractivity contribution in [2.45, 2.75) is 24.9 Å². The zero-order chi connectivity index (χ0) is 19.4. The number of hydrogen-bond acceptors (Lipinski definition) is 5. The fourth-order valence-corrected chi connectivity index (χ4v) is 2.49. The summed E-state index contributed by atoms with van der Waals surface area (Å²) in [5.74, 6) is -0.381. The van der Waals surface area contributed by atoms with E-state index >= 15 is 0 Å². The highest BCUT2D eigenvalue weighted by Gasteiger charge is 2.30. The molecule has 1 amide bonds. The highest BCUT2D eigenvalue weighted by Crippen LogP contribution is 2.31. The Hall–Kier alpha value is -2.62. The molecule has 1 aliphatic heterocycles. The van der Waals surface area contributed by atoms with Gasteiger partial charge in [0.05, 0.1) is 12.2 Å². The molecule has 0 radical (unpaired) electrons. The van der Waals surface area contributed by atoms with Crippen molar-refractivity contribution in [1.82, 2.24) is 10.9 Å². The summed E-state index contributed by atoms with van der Waals surface area (Å²) in [5.41, 5.74) is 5.44. The summed E-state index contributed by atoms with van der Waals surface area (Å²) in [5, 5.41) is 13.3. The first-order valence-corrected chi connectivity index (χ1v) is 8.23. The number of para-hydroxylation sites is 1. The van der Waals surface area contributed by atoms with Crippen LogP contribution in [0.4, 0.5) is 24.5 Å². The summed E-state index contributed by atoms with van der Waals surface area (Å²) in [7, 11) is 0. The molecule has 144 valence electrons. The minimum absolute atomic E-state index is 0.381. The summed E-state index contributed by atoms with van der Waals surface area (Å²) < 4.78 is 43.0. The fraction of sp³-hybridized carbons (Fsp3) is 0.278. The van der Waals surface area contributed by atoms with Crippen LogP contribution in [0, 0.1) is 0 Å². The lowest BCUT2D eigenvalue weighted by atomic mass is 10.1. The molecule has 0 bridgehead atoms. The van der Waals surface area contributed by atoms with Crippen LogP contribution >= 0.6 is 0 Å². The smallest absolute Gasteiger partial charge is 0.373 e. The maximum Gasteiger partial charge on any atom is 0.416 e. The molecule has 0 spiro atoms. The molecule has 1 heterocycles. The van der Waals surface area contributed by atoms with Crippen molar-refractivity contribution < 1.29 is 27.8 Å². The summed E-state index contributed by atoms with van der Waals surface area (Å²) in [6.07, 6.45) is -5.54. The second-order valence-electron chi connectivity index (χ2n) is 5.97. The average Bonchev–Trinajstić information content (AvgIpc) is 2.58. The number of aliphatic hydroxyl groups excluding tert-OH is 1. The first kappa shape index (κ1) is 19.2. The van der Waals surface area contributed by atoms with Gasteiger partial charge in [0, 0.05) is 23.4 Å². The Labute approximate surface area is 153 Å². The number of hydrogen-bond donors (Lipinski definition) is 4. The molecule has 6 nitrogen and oxygen atoms in total. The molecule has 0 aromatic heterocycles. The number of carbonyl (C=O) groups excluding carboxylic acids is 1. The van der Waals surface area contributed by atoms with Crippen molar-refractivity contribution >= 4 is 17.3 Å². The molecule has 3 rings (SSSR count). The number of carbonyl (C=O) groups is 1. The van der Waals surface area contributed by atoms with Crippen molar-refractivity contribution in [2.24, 2.45) is 0 Å². The Morgan fingerprint density at radius 3 is 2.41 bits per heavy atom. The monoisotopic (exact) mass is 381 g/mol. The predicted octanol–water partition coefficient (Wildman–Crippen LogP) is 2.85. The summed E-state index contributed by atoms with van der Waals surface area (Å²) >= 11 is 0. The van der Waals surface area contributed by atoms with Crippen molar-refractivity contribution in [1.29, 1.82) is 0 Å². The highest BCUT2D eigenvalue weighted by molar-refractivity contribution is 5.81. The zero-order valence-electron chi connectivity index (χ0n) is 14.1. The normalized spacial score (nSPS) is 17.7. The maximum absolute atomic E-state index is 12.6. The summed E-state index contributed by atoms with van der Waals surface area (Å²) in [6.45, 7) is 0.528. The molecule has 4 N–H and O–H groups in total. The predicted molar refractivity (Wildman–Crippen MR) is 91.8 cm³/mol. The van der Waals surface area contributed by atoms with E-state index in [0.29, 0.717) is 30.0 Å². The number of aliphatic hydroxyl groups is 1. The minimum Gasteiger partial charge on any atom is -0.373 e.